The molecule has 0 atom stereocenters. The van der Waals surface area contributed by atoms with E-state index in [1.807, 2.05) is 30.5 Å². The van der Waals surface area contributed by atoms with Gasteiger partial charge < -0.3 is 11.1 Å². The minimum atomic E-state index is 0.00217. The summed E-state index contributed by atoms with van der Waals surface area (Å²) in [6.45, 7) is 2.21. The van der Waals surface area contributed by atoms with Gasteiger partial charge in [-0.2, -0.15) is 0 Å². The van der Waals surface area contributed by atoms with Gasteiger partial charge in [-0.15, -0.1) is 23.1 Å². The number of benzene rings is 1. The number of hydrogen-bond acceptors (Lipinski definition) is 5. The number of ketones is 1. The molecule has 3 N–H and O–H groups in total. The van der Waals surface area contributed by atoms with Crippen LogP contribution in [0.2, 0.25) is 5.02 Å². The van der Waals surface area contributed by atoms with Crippen LogP contribution in [-0.2, 0) is 6.54 Å². The summed E-state index contributed by atoms with van der Waals surface area (Å²) in [6, 6.07) is 7.66. The smallest absolute Gasteiger partial charge is 0.171 e. The zero-order valence-electron chi connectivity index (χ0n) is 11.2. The van der Waals surface area contributed by atoms with Crippen LogP contribution in [0.15, 0.2) is 29.2 Å². The molecule has 20 heavy (non-hydrogen) atoms. The van der Waals surface area contributed by atoms with Crippen LogP contribution in [0.25, 0.3) is 0 Å². The number of rotatable bonds is 5. The number of carbonyl (C=O) groups excluding carboxylic acids is 1. The predicted molar refractivity (Wildman–Crippen MR) is 89.3 cm³/mol. The molecule has 0 spiro atoms. The molecular formula is C14H15ClN2OS2. The highest BCUT2D eigenvalue weighted by Gasteiger charge is 2.17. The highest BCUT2D eigenvalue weighted by atomic mass is 35.5. The third-order valence-electron chi connectivity index (χ3n) is 2.79. The maximum absolute atomic E-state index is 11.5. The highest BCUT2D eigenvalue weighted by molar-refractivity contribution is 7.99. The Morgan fingerprint density at radius 3 is 2.60 bits per heavy atom. The first-order valence-corrected chi connectivity index (χ1v) is 8.40. The lowest BCUT2D eigenvalue weighted by Crippen LogP contribution is -1.98. The fourth-order valence-corrected chi connectivity index (χ4v) is 3.85. The maximum Gasteiger partial charge on any atom is 0.171 e. The molecule has 0 radical (unpaired) electrons. The molecule has 0 bridgehead atoms. The van der Waals surface area contributed by atoms with Crippen molar-refractivity contribution in [2.75, 3.05) is 17.3 Å². The minimum absolute atomic E-state index is 0.00217. The van der Waals surface area contributed by atoms with Gasteiger partial charge in [0, 0.05) is 18.5 Å². The molecule has 2 aromatic rings. The summed E-state index contributed by atoms with van der Waals surface area (Å²) in [6.07, 6.45) is 1.95. The number of nitrogens with two attached hydrogens (primary N) is 1. The number of thiophene rings is 1. The second kappa shape index (κ2) is 6.52. The molecular weight excluding hydrogens is 312 g/mol. The average Bonchev–Trinajstić information content (AvgIpc) is 2.74. The highest BCUT2D eigenvalue weighted by Crippen LogP contribution is 2.41. The third kappa shape index (κ3) is 3.29. The summed E-state index contributed by atoms with van der Waals surface area (Å²) >= 11 is 8.82. The van der Waals surface area contributed by atoms with Crippen molar-refractivity contribution in [2.45, 2.75) is 18.4 Å². The fraction of sp³-hybridized carbons (Fsp3) is 0.214. The summed E-state index contributed by atoms with van der Waals surface area (Å²) in [7, 11) is 0. The van der Waals surface area contributed by atoms with Crippen molar-refractivity contribution in [3.8, 4) is 0 Å². The van der Waals surface area contributed by atoms with E-state index in [2.05, 4.69) is 5.32 Å². The van der Waals surface area contributed by atoms with Crippen LogP contribution in [-0.4, -0.2) is 12.0 Å². The van der Waals surface area contributed by atoms with Crippen molar-refractivity contribution in [1.29, 1.82) is 0 Å². The van der Waals surface area contributed by atoms with Crippen LogP contribution < -0.4 is 11.1 Å². The standard InChI is InChI=1S/C14H15ClN2OS2/c1-8(18)12-11(16)13(19-2)14(20-12)17-7-9-3-5-10(15)6-4-9/h3-6,17H,7,16H2,1-2H3. The molecule has 1 heterocycles. The number of anilines is 2. The Morgan fingerprint density at radius 1 is 1.40 bits per heavy atom. The molecule has 0 saturated heterocycles. The molecule has 3 nitrogen and oxygen atoms in total. The topological polar surface area (TPSA) is 55.1 Å². The first-order valence-electron chi connectivity index (χ1n) is 5.98. The van der Waals surface area contributed by atoms with E-state index < -0.39 is 0 Å². The van der Waals surface area contributed by atoms with E-state index in [0.717, 1.165) is 20.5 Å². The van der Waals surface area contributed by atoms with Crippen LogP contribution in [0.3, 0.4) is 0 Å². The number of thioether (sulfide) groups is 1. The Labute approximate surface area is 131 Å². The molecule has 0 unspecified atom stereocenters. The van der Waals surface area contributed by atoms with Gasteiger partial charge in [-0.3, -0.25) is 4.79 Å². The van der Waals surface area contributed by atoms with Crippen molar-refractivity contribution in [2.24, 2.45) is 0 Å². The van der Waals surface area contributed by atoms with Gasteiger partial charge in [0.25, 0.3) is 0 Å². The number of Topliss-reactive ketones (excluding diaryl/α,β-unsaturated/α-hetero) is 1. The lowest BCUT2D eigenvalue weighted by atomic mass is 10.2. The van der Waals surface area contributed by atoms with Crippen molar-refractivity contribution < 1.29 is 4.79 Å². The van der Waals surface area contributed by atoms with E-state index in [9.17, 15) is 4.79 Å². The van der Waals surface area contributed by atoms with Gasteiger partial charge in [0.2, 0.25) is 0 Å². The molecule has 0 saturated carbocycles. The Kier molecular flexibility index (Phi) is 4.96. The minimum Gasteiger partial charge on any atom is -0.396 e. The van der Waals surface area contributed by atoms with Gasteiger partial charge in [0.05, 0.1) is 15.5 Å². The molecule has 0 aliphatic heterocycles. The Hall–Kier alpha value is -1.17. The van der Waals surface area contributed by atoms with Crippen LogP contribution in [0.4, 0.5) is 10.7 Å². The molecule has 6 heteroatoms. The summed E-state index contributed by atoms with van der Waals surface area (Å²) < 4.78 is 0. The van der Waals surface area contributed by atoms with Gasteiger partial charge in [-0.05, 0) is 24.0 Å². The van der Waals surface area contributed by atoms with E-state index in [0.29, 0.717) is 17.1 Å². The number of nitrogens with one attached hydrogen (secondary N) is 1. The fourth-order valence-electron chi connectivity index (χ4n) is 1.79. The molecule has 0 aliphatic carbocycles. The second-order valence-corrected chi connectivity index (χ2v) is 6.52. The van der Waals surface area contributed by atoms with Gasteiger partial charge in [-0.1, -0.05) is 23.7 Å². The van der Waals surface area contributed by atoms with Crippen LogP contribution in [0, 0.1) is 0 Å². The van der Waals surface area contributed by atoms with E-state index in [4.69, 9.17) is 17.3 Å². The predicted octanol–water partition coefficient (Wildman–Crippen LogP) is 4.52. The summed E-state index contributed by atoms with van der Waals surface area (Å²) in [5.74, 6) is 0.00217. The lowest BCUT2D eigenvalue weighted by molar-refractivity contribution is 0.102. The van der Waals surface area contributed by atoms with Gasteiger partial charge >= 0.3 is 0 Å². The largest absolute Gasteiger partial charge is 0.396 e. The lowest BCUT2D eigenvalue weighted by Gasteiger charge is -2.06. The van der Waals surface area contributed by atoms with Gasteiger partial charge in [0.15, 0.2) is 5.78 Å². The van der Waals surface area contributed by atoms with Crippen molar-refractivity contribution in [3.05, 3.63) is 39.7 Å². The van der Waals surface area contributed by atoms with E-state index >= 15 is 0 Å². The summed E-state index contributed by atoms with van der Waals surface area (Å²) in [5.41, 5.74) is 7.72. The normalized spacial score (nSPS) is 10.6. The summed E-state index contributed by atoms with van der Waals surface area (Å²) in [5, 5.41) is 5.00. The number of hydrogen-bond donors (Lipinski definition) is 2. The first kappa shape index (κ1) is 15.2. The van der Waals surface area contributed by atoms with Crippen molar-refractivity contribution >= 4 is 51.2 Å². The van der Waals surface area contributed by atoms with Crippen molar-refractivity contribution in [1.82, 2.24) is 0 Å². The zero-order chi connectivity index (χ0) is 14.7. The van der Waals surface area contributed by atoms with E-state index in [-0.39, 0.29) is 5.78 Å². The van der Waals surface area contributed by atoms with Crippen LogP contribution >= 0.6 is 34.7 Å². The molecule has 106 valence electrons. The zero-order valence-corrected chi connectivity index (χ0v) is 13.6. The molecule has 0 aliphatic rings. The van der Waals surface area contributed by atoms with Gasteiger partial charge in [-0.25, -0.2) is 0 Å². The van der Waals surface area contributed by atoms with E-state index in [1.54, 1.807) is 11.8 Å². The second-order valence-electron chi connectivity index (χ2n) is 4.24. The van der Waals surface area contributed by atoms with Crippen LogP contribution in [0.5, 0.6) is 0 Å². The number of nitrogen functional groups attached to an aromatic ring is 1. The molecule has 1 aromatic heterocycles. The monoisotopic (exact) mass is 326 g/mol. The Bertz CT molecular complexity index is 623. The quantitative estimate of drug-likeness (QED) is 0.626. The Balaban J connectivity index is 2.18. The number of halogens is 1. The number of carbonyl (C=O) groups is 1. The van der Waals surface area contributed by atoms with Crippen molar-refractivity contribution in [3.63, 3.8) is 0 Å². The Morgan fingerprint density at radius 2 is 2.05 bits per heavy atom. The molecule has 1 aromatic carbocycles. The molecule has 0 fully saturated rings. The summed E-state index contributed by atoms with van der Waals surface area (Å²) in [4.78, 5) is 13.1. The van der Waals surface area contributed by atoms with Gasteiger partial charge in [0.1, 0.15) is 5.00 Å². The average molecular weight is 327 g/mol. The maximum atomic E-state index is 11.5. The first-order chi connectivity index (χ1) is 9.52. The third-order valence-corrected chi connectivity index (χ3v) is 5.27. The van der Waals surface area contributed by atoms with E-state index in [1.165, 1.54) is 18.3 Å². The SMILES string of the molecule is CSc1c(NCc2ccc(Cl)cc2)sc(C(C)=O)c1N. The molecule has 2 rings (SSSR count). The molecule has 0 amide bonds. The van der Waals surface area contributed by atoms with Crippen LogP contribution in [0.1, 0.15) is 22.2 Å².